The molecule has 0 aliphatic rings. The molecule has 270 valence electrons. The SMILES string of the molecule is CCOC(=O)C=CC(=O)N(CC(=O)O)NC(=O)[C@@H](NC(=O)[C@H](CCC(=O)O)NC(=O)[C@H](CC(C)C)NC(=O)OCc1ccccc1)[C@@H](C)O. The smallest absolute Gasteiger partial charge is 0.408 e. The highest BCUT2D eigenvalue weighted by molar-refractivity contribution is 5.98. The molecule has 0 aromatic heterocycles. The van der Waals surface area contributed by atoms with E-state index in [2.05, 4.69) is 20.7 Å². The first-order chi connectivity index (χ1) is 23.0. The summed E-state index contributed by atoms with van der Waals surface area (Å²) >= 11 is 0. The molecule has 0 saturated heterocycles. The Hall–Kier alpha value is -5.52. The lowest BCUT2D eigenvalue weighted by atomic mass is 10.0. The van der Waals surface area contributed by atoms with Gasteiger partial charge in [0.05, 0.1) is 12.7 Å². The van der Waals surface area contributed by atoms with Crippen LogP contribution in [0.1, 0.15) is 52.5 Å². The number of aliphatic hydroxyl groups is 1. The molecule has 0 saturated carbocycles. The van der Waals surface area contributed by atoms with E-state index in [-0.39, 0.29) is 25.6 Å². The van der Waals surface area contributed by atoms with Crippen LogP contribution >= 0.6 is 0 Å². The number of ether oxygens (including phenoxy) is 2. The molecular formula is C31H43N5O13. The average Bonchev–Trinajstić information content (AvgIpc) is 3.02. The average molecular weight is 694 g/mol. The van der Waals surface area contributed by atoms with Crippen LogP contribution in [0, 0.1) is 5.92 Å². The Morgan fingerprint density at radius 3 is 2.00 bits per heavy atom. The first-order valence-electron chi connectivity index (χ1n) is 15.2. The predicted molar refractivity (Wildman–Crippen MR) is 169 cm³/mol. The Morgan fingerprint density at radius 2 is 1.45 bits per heavy atom. The Morgan fingerprint density at radius 1 is 0.816 bits per heavy atom. The lowest BCUT2D eigenvalue weighted by Gasteiger charge is -2.28. The van der Waals surface area contributed by atoms with Gasteiger partial charge in [-0.3, -0.25) is 34.2 Å². The normalized spacial score (nSPS) is 13.3. The Balaban J connectivity index is 3.13. The molecule has 5 amide bonds. The third-order valence-corrected chi connectivity index (χ3v) is 6.32. The number of carbonyl (C=O) groups is 8. The van der Waals surface area contributed by atoms with Crippen molar-refractivity contribution in [3.8, 4) is 0 Å². The standard InChI is InChI=1S/C31H43N5O13/c1-5-48-26(43)14-12-23(38)36(16-25(41)42)35-30(46)27(19(4)37)34-28(44)21(11-13-24(39)40)32-29(45)22(15-18(2)3)33-31(47)49-17-20-9-7-6-8-10-20/h6-10,12,14,18-19,21-22,27,37H,5,11,13,15-17H2,1-4H3,(H,32,45)(H,33,47)(H,34,44)(H,35,46)(H,39,40)(H,41,42)/t19-,21+,22+,27+/m1/s1. The first-order valence-corrected chi connectivity index (χ1v) is 15.2. The van der Waals surface area contributed by atoms with Crippen LogP contribution in [0.2, 0.25) is 0 Å². The second-order valence-electron chi connectivity index (χ2n) is 11.0. The number of hydrogen-bond donors (Lipinski definition) is 7. The fourth-order valence-corrected chi connectivity index (χ4v) is 4.01. The van der Waals surface area contributed by atoms with E-state index in [0.717, 1.165) is 6.92 Å². The van der Waals surface area contributed by atoms with Gasteiger partial charge in [-0.15, -0.1) is 0 Å². The van der Waals surface area contributed by atoms with Crippen LogP contribution < -0.4 is 21.4 Å². The summed E-state index contributed by atoms with van der Waals surface area (Å²) < 4.78 is 9.82. The summed E-state index contributed by atoms with van der Waals surface area (Å²) in [5.74, 6) is -8.38. The van der Waals surface area contributed by atoms with Crippen molar-refractivity contribution in [3.63, 3.8) is 0 Å². The number of benzene rings is 1. The van der Waals surface area contributed by atoms with Crippen LogP contribution in [-0.2, 0) is 49.6 Å². The molecule has 0 aliphatic carbocycles. The largest absolute Gasteiger partial charge is 0.481 e. The number of nitrogens with zero attached hydrogens (tertiary/aromatic N) is 1. The molecule has 0 fully saturated rings. The number of nitrogens with one attached hydrogen (secondary N) is 4. The second-order valence-corrected chi connectivity index (χ2v) is 11.0. The number of hydrogen-bond acceptors (Lipinski definition) is 11. The van der Waals surface area contributed by atoms with Gasteiger partial charge in [0.2, 0.25) is 11.8 Å². The van der Waals surface area contributed by atoms with Gasteiger partial charge >= 0.3 is 24.0 Å². The van der Waals surface area contributed by atoms with Crippen LogP contribution in [-0.4, -0.2) is 105 Å². The molecular weight excluding hydrogens is 650 g/mol. The van der Waals surface area contributed by atoms with Gasteiger partial charge in [-0.05, 0) is 38.2 Å². The molecule has 0 bridgehead atoms. The van der Waals surface area contributed by atoms with Gasteiger partial charge in [0.25, 0.3) is 11.8 Å². The number of aliphatic hydroxyl groups excluding tert-OH is 1. The minimum atomic E-state index is -1.85. The van der Waals surface area contributed by atoms with Gasteiger partial charge in [-0.25, -0.2) is 14.6 Å². The molecule has 0 unspecified atom stereocenters. The monoisotopic (exact) mass is 693 g/mol. The molecule has 4 atom stereocenters. The van der Waals surface area contributed by atoms with Crippen LogP contribution in [0.3, 0.4) is 0 Å². The summed E-state index contributed by atoms with van der Waals surface area (Å²) in [6.07, 6.45) is -2.26. The number of esters is 1. The zero-order chi connectivity index (χ0) is 37.1. The Kier molecular flexibility index (Phi) is 18.1. The van der Waals surface area contributed by atoms with Gasteiger partial charge in [0.1, 0.15) is 31.3 Å². The van der Waals surface area contributed by atoms with Crippen molar-refractivity contribution in [2.24, 2.45) is 5.92 Å². The third-order valence-electron chi connectivity index (χ3n) is 6.32. The first kappa shape index (κ1) is 41.5. The molecule has 49 heavy (non-hydrogen) atoms. The zero-order valence-electron chi connectivity index (χ0n) is 27.5. The maximum Gasteiger partial charge on any atom is 0.408 e. The van der Waals surface area contributed by atoms with E-state index >= 15 is 0 Å². The van der Waals surface area contributed by atoms with E-state index in [1.807, 2.05) is 5.43 Å². The molecule has 0 spiro atoms. The van der Waals surface area contributed by atoms with E-state index in [1.54, 1.807) is 44.2 Å². The molecule has 1 rings (SSSR count). The van der Waals surface area contributed by atoms with Crippen LogP contribution in [0.5, 0.6) is 0 Å². The summed E-state index contributed by atoms with van der Waals surface area (Å²) in [4.78, 5) is 98.9. The number of carboxylic acid groups (broad SMARTS) is 2. The van der Waals surface area contributed by atoms with E-state index in [0.29, 0.717) is 22.7 Å². The maximum absolute atomic E-state index is 13.3. The van der Waals surface area contributed by atoms with Gasteiger partial charge in [-0.2, -0.15) is 0 Å². The number of carboxylic acids is 2. The Bertz CT molecular complexity index is 1350. The fourth-order valence-electron chi connectivity index (χ4n) is 4.01. The topological polar surface area (TPSA) is 267 Å². The molecule has 18 nitrogen and oxygen atoms in total. The highest BCUT2D eigenvalue weighted by atomic mass is 16.5. The highest BCUT2D eigenvalue weighted by Gasteiger charge is 2.33. The Labute approximate surface area is 282 Å². The van der Waals surface area contributed by atoms with Crippen molar-refractivity contribution in [1.82, 2.24) is 26.4 Å². The number of alkyl carbamates (subject to hydrolysis) is 1. The zero-order valence-corrected chi connectivity index (χ0v) is 27.5. The quantitative estimate of drug-likeness (QED) is 0.0553. The van der Waals surface area contributed by atoms with Crippen molar-refractivity contribution in [2.45, 2.75) is 77.8 Å². The summed E-state index contributed by atoms with van der Waals surface area (Å²) in [5, 5.41) is 36.0. The summed E-state index contributed by atoms with van der Waals surface area (Å²) in [6, 6.07) is 4.05. The van der Waals surface area contributed by atoms with Gasteiger partial charge in [0.15, 0.2) is 0 Å². The van der Waals surface area contributed by atoms with Crippen LogP contribution in [0.15, 0.2) is 42.5 Å². The van der Waals surface area contributed by atoms with Crippen molar-refractivity contribution in [3.05, 3.63) is 48.0 Å². The summed E-state index contributed by atoms with van der Waals surface area (Å²) in [7, 11) is 0. The van der Waals surface area contributed by atoms with Gasteiger partial charge in [-0.1, -0.05) is 44.2 Å². The summed E-state index contributed by atoms with van der Waals surface area (Å²) in [5.41, 5.74) is 2.64. The molecule has 18 heteroatoms. The van der Waals surface area contributed by atoms with Gasteiger partial charge in [0, 0.05) is 18.6 Å². The van der Waals surface area contributed by atoms with Gasteiger partial charge < -0.3 is 40.7 Å². The van der Waals surface area contributed by atoms with E-state index in [4.69, 9.17) is 4.74 Å². The number of hydrazine groups is 1. The third kappa shape index (κ3) is 16.7. The molecule has 1 aromatic carbocycles. The number of carbonyl (C=O) groups excluding carboxylic acids is 6. The molecule has 0 radical (unpaired) electrons. The predicted octanol–water partition coefficient (Wildman–Crippen LogP) is -0.394. The van der Waals surface area contributed by atoms with Crippen molar-refractivity contribution in [2.75, 3.05) is 13.2 Å². The molecule has 1 aromatic rings. The van der Waals surface area contributed by atoms with E-state index in [9.17, 15) is 53.7 Å². The van der Waals surface area contributed by atoms with Crippen LogP contribution in [0.4, 0.5) is 4.79 Å². The molecule has 7 N–H and O–H groups in total. The van der Waals surface area contributed by atoms with E-state index in [1.165, 1.54) is 6.92 Å². The maximum atomic E-state index is 13.3. The fraction of sp³-hybridized carbons (Fsp3) is 0.484. The number of rotatable bonds is 19. The minimum Gasteiger partial charge on any atom is -0.481 e. The van der Waals surface area contributed by atoms with Crippen molar-refractivity contribution in [1.29, 1.82) is 0 Å². The number of aliphatic carboxylic acids is 2. The van der Waals surface area contributed by atoms with Crippen molar-refractivity contribution < 1.29 is 63.1 Å². The molecule has 0 aliphatic heterocycles. The minimum absolute atomic E-state index is 0.00713. The summed E-state index contributed by atoms with van der Waals surface area (Å²) in [6.45, 7) is 4.94. The van der Waals surface area contributed by atoms with E-state index < -0.39 is 91.2 Å². The van der Waals surface area contributed by atoms with Crippen molar-refractivity contribution >= 4 is 47.6 Å². The van der Waals surface area contributed by atoms with Crippen LogP contribution in [0.25, 0.3) is 0 Å². The molecule has 0 heterocycles. The lowest BCUT2D eigenvalue weighted by molar-refractivity contribution is -0.149. The highest BCUT2D eigenvalue weighted by Crippen LogP contribution is 2.09. The second kappa shape index (κ2) is 21.4. The number of amides is 5. The lowest BCUT2D eigenvalue weighted by Crippen LogP contribution is -2.61.